The Morgan fingerprint density at radius 2 is 0.860 bits per heavy atom. The van der Waals surface area contributed by atoms with Crippen molar-refractivity contribution in [3.05, 3.63) is 0 Å². The number of nitrogens with one attached hydrogen (secondary N) is 2. The van der Waals surface area contributed by atoms with Gasteiger partial charge in [-0.25, -0.2) is 9.59 Å². The maximum absolute atomic E-state index is 11.3. The van der Waals surface area contributed by atoms with Crippen LogP contribution in [0.2, 0.25) is 0 Å². The Morgan fingerprint density at radius 3 is 1.07 bits per heavy atom. The number of ether oxygens (including phenoxy) is 2. The quantitative estimate of drug-likeness (QED) is 0.147. The van der Waals surface area contributed by atoms with E-state index in [9.17, 15) is 29.4 Å². The number of carboxylic acid groups (broad SMARTS) is 4. The molecule has 0 aliphatic carbocycles. The standard InChI is InChI=1S/2C15H27NO5.Ni/c2*1-14(2)8-10(9-15(3,4)16-14)21-11(13(19)20)6-5-7-12(17)18;/h2*10-11,16H,5-9H2,1-4H3,(H,17,18)(H,19,20);. The van der Waals surface area contributed by atoms with E-state index in [4.69, 9.17) is 19.7 Å². The van der Waals surface area contributed by atoms with E-state index >= 15 is 0 Å². The van der Waals surface area contributed by atoms with Crippen molar-refractivity contribution in [3.8, 4) is 0 Å². The predicted octanol–water partition coefficient (Wildman–Crippen LogP) is 4.04. The molecule has 2 atom stereocenters. The number of carboxylic acids is 4. The van der Waals surface area contributed by atoms with Crippen molar-refractivity contribution in [1.29, 1.82) is 0 Å². The van der Waals surface area contributed by atoms with Gasteiger partial charge in [-0.15, -0.1) is 0 Å². The van der Waals surface area contributed by atoms with Crippen LogP contribution >= 0.6 is 0 Å². The second-order valence-corrected chi connectivity index (χ2v) is 14.3. The summed E-state index contributed by atoms with van der Waals surface area (Å²) in [5.41, 5.74) is -0.458. The molecular formula is C30H54N2NiO10. The predicted molar refractivity (Wildman–Crippen MR) is 157 cm³/mol. The summed E-state index contributed by atoms with van der Waals surface area (Å²) in [7, 11) is 0. The van der Waals surface area contributed by atoms with Gasteiger partial charge in [-0.1, -0.05) is 0 Å². The molecule has 0 aromatic carbocycles. The van der Waals surface area contributed by atoms with Gasteiger partial charge in [0, 0.05) is 51.5 Å². The normalized spacial score (nSPS) is 22.1. The molecule has 254 valence electrons. The summed E-state index contributed by atoms with van der Waals surface area (Å²) in [6.45, 7) is 16.6. The monoisotopic (exact) mass is 660 g/mol. The van der Waals surface area contributed by atoms with Gasteiger partial charge in [-0.3, -0.25) is 9.59 Å². The second-order valence-electron chi connectivity index (χ2n) is 14.3. The Bertz CT molecular complexity index is 832. The van der Waals surface area contributed by atoms with Crippen molar-refractivity contribution < 1.29 is 65.6 Å². The van der Waals surface area contributed by atoms with Crippen LogP contribution < -0.4 is 10.6 Å². The third-order valence-electron chi connectivity index (χ3n) is 7.28. The number of piperidine rings is 2. The van der Waals surface area contributed by atoms with Crippen LogP contribution in [0.4, 0.5) is 0 Å². The van der Waals surface area contributed by atoms with Gasteiger partial charge in [0.1, 0.15) is 0 Å². The van der Waals surface area contributed by atoms with Crippen LogP contribution in [-0.4, -0.2) is 90.9 Å². The molecule has 0 saturated carbocycles. The summed E-state index contributed by atoms with van der Waals surface area (Å²) in [5, 5.41) is 42.8. The van der Waals surface area contributed by atoms with Crippen molar-refractivity contribution >= 4 is 23.9 Å². The summed E-state index contributed by atoms with van der Waals surface area (Å²) in [5.74, 6) is -3.87. The first-order chi connectivity index (χ1) is 19.0. The van der Waals surface area contributed by atoms with E-state index in [1.54, 1.807) is 0 Å². The molecule has 2 rings (SSSR count). The van der Waals surface area contributed by atoms with Gasteiger partial charge in [0.15, 0.2) is 12.2 Å². The van der Waals surface area contributed by atoms with Gasteiger partial charge in [0.2, 0.25) is 0 Å². The third kappa shape index (κ3) is 17.3. The summed E-state index contributed by atoms with van der Waals surface area (Å²) < 4.78 is 11.5. The second kappa shape index (κ2) is 17.1. The summed E-state index contributed by atoms with van der Waals surface area (Å²) in [6.07, 6.45) is 1.82. The summed E-state index contributed by atoms with van der Waals surface area (Å²) in [4.78, 5) is 43.6. The van der Waals surface area contributed by atoms with E-state index in [0.29, 0.717) is 12.8 Å². The van der Waals surface area contributed by atoms with E-state index in [-0.39, 0.29) is 76.5 Å². The van der Waals surface area contributed by atoms with E-state index < -0.39 is 36.1 Å². The Labute approximate surface area is 266 Å². The minimum Gasteiger partial charge on any atom is -0.481 e. The molecule has 0 aromatic heterocycles. The maximum atomic E-state index is 11.3. The smallest absolute Gasteiger partial charge is 0.332 e. The zero-order chi connectivity index (χ0) is 32.5. The molecule has 0 spiro atoms. The van der Waals surface area contributed by atoms with Crippen molar-refractivity contribution in [2.45, 2.75) is 166 Å². The van der Waals surface area contributed by atoms with Gasteiger partial charge in [0.25, 0.3) is 0 Å². The molecule has 43 heavy (non-hydrogen) atoms. The van der Waals surface area contributed by atoms with Gasteiger partial charge >= 0.3 is 23.9 Å². The van der Waals surface area contributed by atoms with Gasteiger partial charge < -0.3 is 40.5 Å². The van der Waals surface area contributed by atoms with Crippen LogP contribution in [0.3, 0.4) is 0 Å². The molecule has 0 amide bonds. The first-order valence-corrected chi connectivity index (χ1v) is 14.8. The molecule has 2 saturated heterocycles. The summed E-state index contributed by atoms with van der Waals surface area (Å²) >= 11 is 0. The van der Waals surface area contributed by atoms with Crippen LogP contribution in [0.15, 0.2) is 0 Å². The molecule has 0 aromatic rings. The molecular weight excluding hydrogens is 607 g/mol. The van der Waals surface area contributed by atoms with Crippen LogP contribution in [0.25, 0.3) is 0 Å². The fraction of sp³-hybridized carbons (Fsp3) is 0.867. The molecule has 0 radical (unpaired) electrons. The average Bonchev–Trinajstić information content (AvgIpc) is 2.73. The topological polar surface area (TPSA) is 192 Å². The molecule has 13 heteroatoms. The first-order valence-electron chi connectivity index (χ1n) is 14.8. The third-order valence-corrected chi connectivity index (χ3v) is 7.28. The SMILES string of the molecule is CC1(C)CC(OC(CCCC(=O)O)C(=O)O)CC(C)(C)N1.CC1(C)CC(OC(CCCC(=O)O)C(=O)O)CC(C)(C)N1.[Ni]. The number of hydrogen-bond donors (Lipinski definition) is 6. The number of hydrogen-bond acceptors (Lipinski definition) is 8. The van der Waals surface area contributed by atoms with Crippen molar-refractivity contribution in [3.63, 3.8) is 0 Å². The van der Waals surface area contributed by atoms with Crippen LogP contribution in [0, 0.1) is 0 Å². The molecule has 2 heterocycles. The Hall–Kier alpha value is -1.79. The molecule has 0 bridgehead atoms. The zero-order valence-electron chi connectivity index (χ0n) is 26.9. The van der Waals surface area contributed by atoms with E-state index in [0.717, 1.165) is 25.7 Å². The van der Waals surface area contributed by atoms with Gasteiger partial charge in [-0.05, 0) is 107 Å². The van der Waals surface area contributed by atoms with Crippen LogP contribution in [0.1, 0.15) is 120 Å². The number of aliphatic carboxylic acids is 4. The minimum atomic E-state index is -1.02. The summed E-state index contributed by atoms with van der Waals surface area (Å²) in [6, 6.07) is 0. The average molecular weight is 661 g/mol. The minimum absolute atomic E-state index is 0. The molecule has 2 unspecified atom stereocenters. The Balaban J connectivity index is 0.000000802. The largest absolute Gasteiger partial charge is 0.481 e. The molecule has 12 nitrogen and oxygen atoms in total. The van der Waals surface area contributed by atoms with E-state index in [2.05, 4.69) is 66.0 Å². The van der Waals surface area contributed by atoms with E-state index in [1.807, 2.05) is 0 Å². The maximum Gasteiger partial charge on any atom is 0.332 e. The Kier molecular flexibility index (Phi) is 16.3. The van der Waals surface area contributed by atoms with Gasteiger partial charge in [0.05, 0.1) is 12.2 Å². The number of rotatable bonds is 14. The first kappa shape index (κ1) is 41.2. The van der Waals surface area contributed by atoms with Crippen LogP contribution in [0.5, 0.6) is 0 Å². The van der Waals surface area contributed by atoms with Crippen LogP contribution in [-0.2, 0) is 45.1 Å². The fourth-order valence-electron chi connectivity index (χ4n) is 6.49. The van der Waals surface area contributed by atoms with Crippen molar-refractivity contribution in [2.75, 3.05) is 0 Å². The molecule has 2 aliphatic rings. The molecule has 2 aliphatic heterocycles. The van der Waals surface area contributed by atoms with Crippen molar-refractivity contribution in [1.82, 2.24) is 10.6 Å². The van der Waals surface area contributed by atoms with Gasteiger partial charge in [-0.2, -0.15) is 0 Å². The van der Waals surface area contributed by atoms with E-state index in [1.165, 1.54) is 0 Å². The number of carbonyl (C=O) groups is 4. The Morgan fingerprint density at radius 1 is 0.605 bits per heavy atom. The molecule has 2 fully saturated rings. The zero-order valence-corrected chi connectivity index (χ0v) is 27.9. The molecule has 6 N–H and O–H groups in total. The van der Waals surface area contributed by atoms with Crippen molar-refractivity contribution in [2.24, 2.45) is 0 Å². The fourth-order valence-corrected chi connectivity index (χ4v) is 6.49.